The van der Waals surface area contributed by atoms with E-state index in [1.807, 2.05) is 19.9 Å². The van der Waals surface area contributed by atoms with Gasteiger partial charge in [0.2, 0.25) is 0 Å². The maximum atomic E-state index is 10.6. The van der Waals surface area contributed by atoms with Crippen molar-refractivity contribution in [2.24, 2.45) is 0 Å². The fourth-order valence-corrected chi connectivity index (χ4v) is 1.63. The van der Waals surface area contributed by atoms with E-state index in [1.165, 1.54) is 0 Å². The Balaban J connectivity index is 3.06. The molecule has 0 aromatic carbocycles. The van der Waals surface area contributed by atoms with E-state index in [4.69, 9.17) is 5.11 Å². The van der Waals surface area contributed by atoms with Crippen LogP contribution in [-0.2, 0) is 4.79 Å². The van der Waals surface area contributed by atoms with Gasteiger partial charge >= 0.3 is 5.97 Å². The third-order valence-electron chi connectivity index (χ3n) is 2.36. The van der Waals surface area contributed by atoms with Crippen LogP contribution >= 0.6 is 0 Å². The molecule has 0 atom stereocenters. The van der Waals surface area contributed by atoms with Gasteiger partial charge in [-0.25, -0.2) is 9.78 Å². The van der Waals surface area contributed by atoms with Crippen molar-refractivity contribution in [1.29, 1.82) is 0 Å². The zero-order chi connectivity index (χ0) is 13.5. The third kappa shape index (κ3) is 4.05. The van der Waals surface area contributed by atoms with Gasteiger partial charge in [0.15, 0.2) is 0 Å². The van der Waals surface area contributed by atoms with Crippen LogP contribution in [0.1, 0.15) is 19.4 Å². The molecule has 4 heteroatoms. The van der Waals surface area contributed by atoms with Crippen LogP contribution in [0.4, 0.5) is 5.82 Å². The van der Waals surface area contributed by atoms with E-state index in [1.54, 1.807) is 18.3 Å². The van der Waals surface area contributed by atoms with Gasteiger partial charge in [-0.3, -0.25) is 0 Å². The first-order chi connectivity index (χ1) is 8.54. The molecule has 0 fully saturated rings. The molecule has 96 valence electrons. The number of pyridine rings is 1. The molecule has 1 N–H and O–H groups in total. The van der Waals surface area contributed by atoms with Crippen molar-refractivity contribution in [2.75, 3.05) is 18.0 Å². The van der Waals surface area contributed by atoms with E-state index >= 15 is 0 Å². The zero-order valence-electron chi connectivity index (χ0n) is 10.8. The summed E-state index contributed by atoms with van der Waals surface area (Å²) in [5, 5.41) is 8.67. The van der Waals surface area contributed by atoms with Crippen molar-refractivity contribution in [2.45, 2.75) is 13.8 Å². The van der Waals surface area contributed by atoms with Crippen molar-refractivity contribution < 1.29 is 9.90 Å². The van der Waals surface area contributed by atoms with Crippen LogP contribution in [0.3, 0.4) is 0 Å². The van der Waals surface area contributed by atoms with Crippen LogP contribution in [0.15, 0.2) is 36.6 Å². The second-order valence-corrected chi connectivity index (χ2v) is 4.06. The number of rotatable bonds is 6. The fraction of sp³-hybridized carbons (Fsp3) is 0.286. The smallest absolute Gasteiger partial charge is 0.328 e. The number of hydrogen-bond acceptors (Lipinski definition) is 3. The van der Waals surface area contributed by atoms with E-state index in [0.717, 1.165) is 29.6 Å². The molecule has 0 saturated heterocycles. The van der Waals surface area contributed by atoms with E-state index in [0.29, 0.717) is 6.54 Å². The Morgan fingerprint density at radius 2 is 2.33 bits per heavy atom. The lowest BCUT2D eigenvalue weighted by atomic mass is 10.2. The largest absolute Gasteiger partial charge is 0.478 e. The second-order valence-electron chi connectivity index (χ2n) is 4.06. The Kier molecular flexibility index (Phi) is 5.11. The summed E-state index contributed by atoms with van der Waals surface area (Å²) in [6.45, 7) is 9.38. The Labute approximate surface area is 107 Å². The first kappa shape index (κ1) is 14.0. The molecular formula is C14H18N2O2. The van der Waals surface area contributed by atoms with Crippen molar-refractivity contribution in [1.82, 2.24) is 4.98 Å². The van der Waals surface area contributed by atoms with Crippen molar-refractivity contribution in [3.63, 3.8) is 0 Å². The Morgan fingerprint density at radius 3 is 2.89 bits per heavy atom. The quantitative estimate of drug-likeness (QED) is 0.619. The van der Waals surface area contributed by atoms with E-state index in [9.17, 15) is 4.79 Å². The van der Waals surface area contributed by atoms with Crippen molar-refractivity contribution in [3.8, 4) is 0 Å². The number of nitrogens with zero attached hydrogens (tertiary/aromatic N) is 2. The normalized spacial score (nSPS) is 10.6. The van der Waals surface area contributed by atoms with E-state index in [2.05, 4.69) is 16.5 Å². The minimum absolute atomic E-state index is 0.710. The molecule has 1 aromatic rings. The summed E-state index contributed by atoms with van der Waals surface area (Å²) in [5.74, 6) is -0.187. The van der Waals surface area contributed by atoms with Crippen LogP contribution < -0.4 is 4.90 Å². The maximum absolute atomic E-state index is 10.6. The lowest BCUT2D eigenvalue weighted by molar-refractivity contribution is -0.131. The van der Waals surface area contributed by atoms with Crippen LogP contribution in [0.5, 0.6) is 0 Å². The summed E-state index contributed by atoms with van der Waals surface area (Å²) in [4.78, 5) is 16.9. The molecule has 1 rings (SSSR count). The second kappa shape index (κ2) is 6.59. The van der Waals surface area contributed by atoms with Gasteiger partial charge < -0.3 is 10.0 Å². The van der Waals surface area contributed by atoms with E-state index < -0.39 is 5.97 Å². The lowest BCUT2D eigenvalue weighted by Crippen LogP contribution is -2.26. The zero-order valence-corrected chi connectivity index (χ0v) is 10.8. The highest BCUT2D eigenvalue weighted by Gasteiger charge is 2.09. The average Bonchev–Trinajstić information content (AvgIpc) is 2.33. The van der Waals surface area contributed by atoms with Gasteiger partial charge in [0.1, 0.15) is 5.82 Å². The monoisotopic (exact) mass is 246 g/mol. The summed E-state index contributed by atoms with van der Waals surface area (Å²) >= 11 is 0. The first-order valence-electron chi connectivity index (χ1n) is 5.80. The predicted molar refractivity (Wildman–Crippen MR) is 73.6 cm³/mol. The van der Waals surface area contributed by atoms with Crippen molar-refractivity contribution in [3.05, 3.63) is 42.1 Å². The number of carboxylic acid groups (broad SMARTS) is 1. The number of carbonyl (C=O) groups is 1. The number of aromatic nitrogens is 1. The molecule has 0 aliphatic heterocycles. The minimum Gasteiger partial charge on any atom is -0.478 e. The number of hydrogen-bond donors (Lipinski definition) is 1. The summed E-state index contributed by atoms with van der Waals surface area (Å²) in [6, 6.07) is 3.64. The molecule has 0 aliphatic carbocycles. The lowest BCUT2D eigenvalue weighted by Gasteiger charge is -2.23. The van der Waals surface area contributed by atoms with Gasteiger partial charge in [-0.15, -0.1) is 0 Å². The van der Waals surface area contributed by atoms with Gasteiger partial charge in [0, 0.05) is 30.9 Å². The topological polar surface area (TPSA) is 53.4 Å². The molecule has 0 unspecified atom stereocenters. The molecule has 0 radical (unpaired) electrons. The molecule has 0 saturated carbocycles. The summed E-state index contributed by atoms with van der Waals surface area (Å²) in [6.07, 6.45) is 4.38. The number of likely N-dealkylation sites (N-methyl/N-ethyl adjacent to an activating group) is 1. The number of aliphatic carboxylic acids is 1. The molecule has 0 amide bonds. The minimum atomic E-state index is -0.965. The molecule has 1 aromatic heterocycles. The summed E-state index contributed by atoms with van der Waals surface area (Å²) < 4.78 is 0. The van der Waals surface area contributed by atoms with Crippen LogP contribution in [-0.4, -0.2) is 29.1 Å². The van der Waals surface area contributed by atoms with E-state index in [-0.39, 0.29) is 0 Å². The number of anilines is 1. The fourth-order valence-electron chi connectivity index (χ4n) is 1.63. The molecule has 0 aliphatic rings. The molecule has 0 bridgehead atoms. The molecule has 18 heavy (non-hydrogen) atoms. The molecule has 0 spiro atoms. The summed E-state index contributed by atoms with van der Waals surface area (Å²) in [5.41, 5.74) is 1.83. The highest BCUT2D eigenvalue weighted by Crippen LogP contribution is 2.19. The third-order valence-corrected chi connectivity index (χ3v) is 2.36. The first-order valence-corrected chi connectivity index (χ1v) is 5.80. The number of carboxylic acids is 1. The van der Waals surface area contributed by atoms with Gasteiger partial charge in [0.25, 0.3) is 0 Å². The SMILES string of the molecule is C=C(C)CN(CC)c1ncccc1/C=C/C(=O)O. The van der Waals surface area contributed by atoms with Crippen LogP contribution in [0, 0.1) is 0 Å². The Morgan fingerprint density at radius 1 is 1.61 bits per heavy atom. The van der Waals surface area contributed by atoms with Gasteiger partial charge in [-0.2, -0.15) is 0 Å². The highest BCUT2D eigenvalue weighted by atomic mass is 16.4. The van der Waals surface area contributed by atoms with Gasteiger partial charge in [-0.05, 0) is 32.1 Å². The molecule has 1 heterocycles. The Bertz CT molecular complexity index is 467. The van der Waals surface area contributed by atoms with Gasteiger partial charge in [0.05, 0.1) is 0 Å². The molecule has 4 nitrogen and oxygen atoms in total. The van der Waals surface area contributed by atoms with Crippen LogP contribution in [0.25, 0.3) is 6.08 Å². The average molecular weight is 246 g/mol. The van der Waals surface area contributed by atoms with Gasteiger partial charge in [-0.1, -0.05) is 12.2 Å². The van der Waals surface area contributed by atoms with Crippen molar-refractivity contribution >= 4 is 17.9 Å². The molecular weight excluding hydrogens is 228 g/mol. The summed E-state index contributed by atoms with van der Waals surface area (Å²) in [7, 11) is 0. The standard InChI is InChI=1S/C14H18N2O2/c1-4-16(10-11(2)3)14-12(6-5-9-15-14)7-8-13(17)18/h5-9H,2,4,10H2,1,3H3,(H,17,18)/b8-7+. The highest BCUT2D eigenvalue weighted by molar-refractivity contribution is 5.86. The predicted octanol–water partition coefficient (Wildman–Crippen LogP) is 2.58. The maximum Gasteiger partial charge on any atom is 0.328 e. The Hall–Kier alpha value is -2.10. The van der Waals surface area contributed by atoms with Crippen LogP contribution in [0.2, 0.25) is 0 Å².